The highest BCUT2D eigenvalue weighted by molar-refractivity contribution is 5.97. The van der Waals surface area contributed by atoms with Crippen molar-refractivity contribution in [2.24, 2.45) is 23.5 Å². The van der Waals surface area contributed by atoms with Gasteiger partial charge >= 0.3 is 0 Å². The molecular formula is C29H32N4O3. The number of nitrogens with zero attached hydrogens (tertiary/aromatic N) is 1. The lowest BCUT2D eigenvalue weighted by molar-refractivity contribution is -0.123. The minimum absolute atomic E-state index is 0.113. The van der Waals surface area contributed by atoms with Gasteiger partial charge in [0, 0.05) is 5.39 Å². The summed E-state index contributed by atoms with van der Waals surface area (Å²) in [6, 6.07) is 15.7. The highest BCUT2D eigenvalue weighted by Crippen LogP contribution is 2.61. The average molecular weight is 485 g/mol. The second-order valence-electron chi connectivity index (χ2n) is 11.2. The number of carbonyl (C=O) groups excluding carboxylic acids is 2. The molecule has 4 aliphatic rings. The second kappa shape index (κ2) is 8.89. The number of phenolic OH excluding ortho intramolecular Hbond substituents is 1. The zero-order valence-corrected chi connectivity index (χ0v) is 20.2. The fourth-order valence-corrected chi connectivity index (χ4v) is 7.42. The highest BCUT2D eigenvalue weighted by Gasteiger charge is 2.52. The van der Waals surface area contributed by atoms with Crippen molar-refractivity contribution in [2.75, 3.05) is 0 Å². The number of aromatic hydroxyl groups is 1. The van der Waals surface area contributed by atoms with E-state index in [1.165, 1.54) is 44.1 Å². The Morgan fingerprint density at radius 2 is 1.61 bits per heavy atom. The Morgan fingerprint density at radius 1 is 0.972 bits per heavy atom. The number of phenols is 1. The van der Waals surface area contributed by atoms with Gasteiger partial charge < -0.3 is 10.8 Å². The lowest BCUT2D eigenvalue weighted by Crippen LogP contribution is -2.50. The van der Waals surface area contributed by atoms with Crippen LogP contribution in [0, 0.1) is 17.8 Å². The first-order valence-electron chi connectivity index (χ1n) is 12.9. The van der Waals surface area contributed by atoms with Gasteiger partial charge in [0.1, 0.15) is 11.4 Å². The SMILES string of the molecule is N[C@@H](Cc1ccc(O)cc1)C(=O)NNC(=O)c1cc(C23CC4CC(CC(C4)C2)C3)c2ccccc2n1. The third kappa shape index (κ3) is 4.22. The second-order valence-corrected chi connectivity index (χ2v) is 11.2. The molecule has 0 radical (unpaired) electrons. The fraction of sp³-hybridized carbons (Fsp3) is 0.414. The van der Waals surface area contributed by atoms with Crippen molar-refractivity contribution >= 4 is 22.7 Å². The van der Waals surface area contributed by atoms with E-state index in [0.29, 0.717) is 5.69 Å². The predicted octanol–water partition coefficient (Wildman–Crippen LogP) is 3.74. The standard InChI is InChI=1S/C29H32N4O3/c30-24(12-17-5-7-21(34)8-6-17)27(35)32-33-28(36)26-13-23(22-3-1-2-4-25(22)31-26)29-14-18-9-19(15-29)11-20(10-18)16-29/h1-8,13,18-20,24,34H,9-12,14-16,30H2,(H,32,35)(H,33,36)/t18?,19?,20?,24-,29?/m0/s1. The van der Waals surface area contributed by atoms with Gasteiger partial charge in [-0.25, -0.2) is 4.98 Å². The lowest BCUT2D eigenvalue weighted by Gasteiger charge is -2.57. The number of pyridine rings is 1. The van der Waals surface area contributed by atoms with Crippen molar-refractivity contribution in [1.29, 1.82) is 0 Å². The monoisotopic (exact) mass is 484 g/mol. The summed E-state index contributed by atoms with van der Waals surface area (Å²) in [6.07, 6.45) is 7.92. The summed E-state index contributed by atoms with van der Waals surface area (Å²) >= 11 is 0. The summed E-state index contributed by atoms with van der Waals surface area (Å²) in [5.41, 5.74) is 14.3. The van der Waals surface area contributed by atoms with Gasteiger partial charge in [-0.2, -0.15) is 0 Å². The van der Waals surface area contributed by atoms with Crippen LogP contribution in [0.25, 0.3) is 10.9 Å². The normalized spacial score (nSPS) is 27.1. The van der Waals surface area contributed by atoms with Gasteiger partial charge in [-0.05, 0) is 104 Å². The first-order chi connectivity index (χ1) is 17.4. The molecule has 0 spiro atoms. The Labute approximate surface area is 210 Å². The Balaban J connectivity index is 1.21. The molecular weight excluding hydrogens is 452 g/mol. The molecule has 36 heavy (non-hydrogen) atoms. The Hall–Kier alpha value is -3.45. The number of nitrogens with one attached hydrogen (secondary N) is 2. The first kappa shape index (κ1) is 23.0. The van der Waals surface area contributed by atoms with E-state index >= 15 is 0 Å². The van der Waals surface area contributed by atoms with Crippen LogP contribution in [0.3, 0.4) is 0 Å². The molecule has 7 heteroatoms. The molecule has 4 aliphatic carbocycles. The molecule has 0 aliphatic heterocycles. The number of hydrogen-bond donors (Lipinski definition) is 4. The Kier molecular flexibility index (Phi) is 5.67. The van der Waals surface area contributed by atoms with E-state index in [0.717, 1.165) is 34.2 Å². The van der Waals surface area contributed by atoms with Crippen LogP contribution < -0.4 is 16.6 Å². The number of carbonyl (C=O) groups is 2. The van der Waals surface area contributed by atoms with E-state index in [1.807, 2.05) is 24.3 Å². The molecule has 5 N–H and O–H groups in total. The van der Waals surface area contributed by atoms with Crippen molar-refractivity contribution in [3.63, 3.8) is 0 Å². The Bertz CT molecular complexity index is 1280. The zero-order valence-electron chi connectivity index (χ0n) is 20.2. The number of nitrogens with two attached hydrogens (primary N) is 1. The number of aromatic nitrogens is 1. The minimum Gasteiger partial charge on any atom is -0.508 e. The summed E-state index contributed by atoms with van der Waals surface area (Å²) in [7, 11) is 0. The summed E-state index contributed by atoms with van der Waals surface area (Å²) in [4.78, 5) is 30.3. The van der Waals surface area contributed by atoms with Crippen LogP contribution in [0.1, 0.15) is 60.1 Å². The number of hydrogen-bond acceptors (Lipinski definition) is 5. The largest absolute Gasteiger partial charge is 0.508 e. The summed E-state index contributed by atoms with van der Waals surface area (Å²) in [6.45, 7) is 0. The van der Waals surface area contributed by atoms with Crippen molar-refractivity contribution in [2.45, 2.75) is 56.4 Å². The number of rotatable bonds is 5. The predicted molar refractivity (Wildman–Crippen MR) is 137 cm³/mol. The molecule has 7 nitrogen and oxygen atoms in total. The van der Waals surface area contributed by atoms with Gasteiger partial charge in [0.15, 0.2) is 0 Å². The summed E-state index contributed by atoms with van der Waals surface area (Å²) < 4.78 is 0. The summed E-state index contributed by atoms with van der Waals surface area (Å²) in [5, 5.41) is 10.6. The molecule has 1 heterocycles. The van der Waals surface area contributed by atoms with Crippen LogP contribution in [0.4, 0.5) is 0 Å². The molecule has 2 aromatic carbocycles. The molecule has 7 rings (SSSR count). The van der Waals surface area contributed by atoms with Crippen LogP contribution >= 0.6 is 0 Å². The molecule has 2 amide bonds. The fourth-order valence-electron chi connectivity index (χ4n) is 7.42. The number of hydrazine groups is 1. The number of amides is 2. The van der Waals surface area contributed by atoms with Crippen LogP contribution in [0.15, 0.2) is 54.6 Å². The van der Waals surface area contributed by atoms with Crippen LogP contribution in [0.5, 0.6) is 5.75 Å². The van der Waals surface area contributed by atoms with E-state index < -0.39 is 17.9 Å². The van der Waals surface area contributed by atoms with E-state index in [1.54, 1.807) is 24.3 Å². The van der Waals surface area contributed by atoms with Crippen LogP contribution in [-0.2, 0) is 16.6 Å². The smallest absolute Gasteiger partial charge is 0.288 e. The summed E-state index contributed by atoms with van der Waals surface area (Å²) in [5.74, 6) is 1.58. The third-order valence-electron chi connectivity index (χ3n) is 8.59. The van der Waals surface area contributed by atoms with Gasteiger partial charge in [-0.15, -0.1) is 0 Å². The van der Waals surface area contributed by atoms with Gasteiger partial charge in [0.05, 0.1) is 11.6 Å². The molecule has 4 saturated carbocycles. The molecule has 0 unspecified atom stereocenters. The van der Waals surface area contributed by atoms with Crippen LogP contribution in [-0.4, -0.2) is 27.9 Å². The van der Waals surface area contributed by atoms with E-state index in [2.05, 4.69) is 21.9 Å². The van der Waals surface area contributed by atoms with Gasteiger partial charge in [-0.3, -0.25) is 20.4 Å². The van der Waals surface area contributed by atoms with Crippen LogP contribution in [0.2, 0.25) is 0 Å². The van der Waals surface area contributed by atoms with E-state index in [-0.39, 0.29) is 17.6 Å². The molecule has 3 aromatic rings. The minimum atomic E-state index is -0.845. The van der Waals surface area contributed by atoms with Crippen molar-refractivity contribution in [1.82, 2.24) is 15.8 Å². The molecule has 4 fully saturated rings. The average Bonchev–Trinajstić information content (AvgIpc) is 2.87. The van der Waals surface area contributed by atoms with Crippen molar-refractivity contribution < 1.29 is 14.7 Å². The maximum Gasteiger partial charge on any atom is 0.288 e. The van der Waals surface area contributed by atoms with Crippen molar-refractivity contribution in [3.05, 3.63) is 71.4 Å². The number of benzene rings is 2. The maximum absolute atomic E-state index is 13.1. The molecule has 0 saturated heterocycles. The number of fused-ring (bicyclic) bond motifs is 1. The third-order valence-corrected chi connectivity index (χ3v) is 8.59. The first-order valence-corrected chi connectivity index (χ1v) is 12.9. The van der Waals surface area contributed by atoms with Gasteiger partial charge in [-0.1, -0.05) is 30.3 Å². The topological polar surface area (TPSA) is 117 Å². The Morgan fingerprint density at radius 3 is 2.28 bits per heavy atom. The van der Waals surface area contributed by atoms with Crippen molar-refractivity contribution in [3.8, 4) is 5.75 Å². The quantitative estimate of drug-likeness (QED) is 0.412. The molecule has 186 valence electrons. The highest BCUT2D eigenvalue weighted by atomic mass is 16.3. The van der Waals surface area contributed by atoms with Gasteiger partial charge in [0.2, 0.25) is 0 Å². The molecule has 4 bridgehead atoms. The van der Waals surface area contributed by atoms with E-state index in [4.69, 9.17) is 5.73 Å². The zero-order chi connectivity index (χ0) is 24.9. The maximum atomic E-state index is 13.1. The number of para-hydroxylation sites is 1. The molecule has 1 atom stereocenters. The van der Waals surface area contributed by atoms with Gasteiger partial charge in [0.25, 0.3) is 11.8 Å². The van der Waals surface area contributed by atoms with E-state index in [9.17, 15) is 14.7 Å². The lowest BCUT2D eigenvalue weighted by atomic mass is 9.48. The molecule has 1 aromatic heterocycles.